The van der Waals surface area contributed by atoms with Gasteiger partial charge in [-0.25, -0.2) is 0 Å². The number of Topliss-reactive ketones (excluding diaryl/α,β-unsaturated/α-hetero) is 1. The van der Waals surface area contributed by atoms with Crippen molar-refractivity contribution in [2.75, 3.05) is 23.8 Å². The third kappa shape index (κ3) is 7.46. The Bertz CT molecular complexity index is 1100. The summed E-state index contributed by atoms with van der Waals surface area (Å²) in [5.41, 5.74) is 0.905. The van der Waals surface area contributed by atoms with E-state index >= 15 is 0 Å². The number of aliphatic carboxylic acids is 1. The molecule has 0 aliphatic carbocycles. The number of nitriles is 1. The number of phenolic OH excluding ortho intramolecular Hbond substituents is 1. The maximum Gasteiger partial charge on any atom is 1.00 e. The van der Waals surface area contributed by atoms with Gasteiger partial charge in [-0.1, -0.05) is 19.4 Å². The molecule has 1 unspecified atom stereocenters. The number of carbonyl (C=O) groups excluding carboxylic acids is 3. The van der Waals surface area contributed by atoms with E-state index in [0.29, 0.717) is 24.2 Å². The van der Waals surface area contributed by atoms with Crippen molar-refractivity contribution in [2.24, 2.45) is 0 Å². The van der Waals surface area contributed by atoms with Crippen molar-refractivity contribution in [2.45, 2.75) is 32.8 Å². The zero-order valence-electron chi connectivity index (χ0n) is 19.2. The third-order valence-electron chi connectivity index (χ3n) is 4.69. The summed E-state index contributed by atoms with van der Waals surface area (Å²) in [4.78, 5) is 33.6. The van der Waals surface area contributed by atoms with Gasteiger partial charge in [0.15, 0.2) is 5.78 Å². The number of rotatable bonds is 10. The SMILES string of the molecule is CCCc1c(OCC(O)CNc2cccc(NC(=O)C(=O)[O-])c2C#N)ccc(C(C)=O)c1O.[Na+]. The average Bonchev–Trinajstić information content (AvgIpc) is 2.77. The van der Waals surface area contributed by atoms with Crippen molar-refractivity contribution in [3.8, 4) is 17.6 Å². The normalized spacial score (nSPS) is 10.9. The molecule has 0 heterocycles. The first-order valence-electron chi connectivity index (χ1n) is 10.2. The van der Waals surface area contributed by atoms with E-state index in [-0.39, 0.29) is 76.7 Å². The van der Waals surface area contributed by atoms with Gasteiger partial charge in [0.1, 0.15) is 36.2 Å². The molecule has 34 heavy (non-hydrogen) atoms. The standard InChI is InChI=1S/C23H25N3O7.Na/c1-3-5-16-20(9-8-15(13(2)27)21(16)29)33-12-14(28)11-25-18-6-4-7-19(17(18)10-24)26-22(30)23(31)32;/h4,6-9,14,25,28-29H,3,5,11-12H2,1-2H3,(H,26,30)(H,31,32);/q;+1/p-1. The molecular weight excluding hydrogens is 453 g/mol. The molecule has 0 fully saturated rings. The van der Waals surface area contributed by atoms with E-state index in [9.17, 15) is 35.0 Å². The van der Waals surface area contributed by atoms with Gasteiger partial charge in [0, 0.05) is 12.1 Å². The van der Waals surface area contributed by atoms with Crippen LogP contribution in [0.1, 0.15) is 41.8 Å². The Balaban J connectivity index is 0.00000578. The summed E-state index contributed by atoms with van der Waals surface area (Å²) in [6.45, 7) is 3.09. The second-order valence-electron chi connectivity index (χ2n) is 7.17. The Morgan fingerprint density at radius 1 is 1.21 bits per heavy atom. The summed E-state index contributed by atoms with van der Waals surface area (Å²) in [6, 6.07) is 9.28. The van der Waals surface area contributed by atoms with E-state index in [4.69, 9.17) is 4.74 Å². The van der Waals surface area contributed by atoms with Crippen LogP contribution >= 0.6 is 0 Å². The molecule has 10 nitrogen and oxygen atoms in total. The number of carboxylic acid groups (broad SMARTS) is 1. The second-order valence-corrected chi connectivity index (χ2v) is 7.17. The van der Waals surface area contributed by atoms with Gasteiger partial charge in [-0.3, -0.25) is 9.59 Å². The number of aromatic hydroxyl groups is 1. The molecule has 0 aromatic heterocycles. The van der Waals surface area contributed by atoms with Gasteiger partial charge < -0.3 is 35.5 Å². The van der Waals surface area contributed by atoms with Crippen molar-refractivity contribution in [3.05, 3.63) is 47.0 Å². The number of carboxylic acids is 1. The Morgan fingerprint density at radius 2 is 1.88 bits per heavy atom. The molecule has 0 bridgehead atoms. The van der Waals surface area contributed by atoms with Crippen LogP contribution in [0.15, 0.2) is 30.3 Å². The van der Waals surface area contributed by atoms with E-state index in [1.807, 2.05) is 13.0 Å². The van der Waals surface area contributed by atoms with Gasteiger partial charge in [0.2, 0.25) is 0 Å². The number of carbonyl (C=O) groups is 3. The minimum atomic E-state index is -1.94. The van der Waals surface area contributed by atoms with Gasteiger partial charge >= 0.3 is 29.6 Å². The quantitative estimate of drug-likeness (QED) is 0.171. The predicted molar refractivity (Wildman–Crippen MR) is 117 cm³/mol. The van der Waals surface area contributed by atoms with Crippen molar-refractivity contribution in [3.63, 3.8) is 0 Å². The summed E-state index contributed by atoms with van der Waals surface area (Å²) in [5.74, 6) is -3.38. The first kappa shape index (κ1) is 28.9. The topological polar surface area (TPSA) is 172 Å². The fourth-order valence-corrected chi connectivity index (χ4v) is 3.10. The molecule has 2 aromatic rings. The van der Waals surface area contributed by atoms with Crippen molar-refractivity contribution >= 4 is 29.0 Å². The Kier molecular flexibility index (Phi) is 11.5. The monoisotopic (exact) mass is 477 g/mol. The van der Waals surface area contributed by atoms with Gasteiger partial charge in [-0.15, -0.1) is 0 Å². The minimum absolute atomic E-state index is 0. The molecule has 0 aliphatic rings. The molecule has 1 atom stereocenters. The van der Waals surface area contributed by atoms with Crippen LogP contribution in [0.3, 0.4) is 0 Å². The van der Waals surface area contributed by atoms with E-state index in [0.717, 1.165) is 0 Å². The summed E-state index contributed by atoms with van der Waals surface area (Å²) < 4.78 is 5.66. The fraction of sp³-hybridized carbons (Fsp3) is 0.304. The molecule has 1 amide bonds. The zero-order valence-corrected chi connectivity index (χ0v) is 21.2. The molecule has 0 saturated carbocycles. The first-order valence-corrected chi connectivity index (χ1v) is 10.2. The van der Waals surface area contributed by atoms with Crippen molar-refractivity contribution < 1.29 is 64.0 Å². The molecular formula is C23H24N3NaO7. The van der Waals surface area contributed by atoms with Crippen LogP contribution in [-0.2, 0) is 16.0 Å². The number of ketones is 1. The molecule has 0 saturated heterocycles. The Labute approximate surface area is 218 Å². The number of nitrogens with one attached hydrogen (secondary N) is 2. The number of hydrogen-bond donors (Lipinski definition) is 4. The molecule has 0 aliphatic heterocycles. The van der Waals surface area contributed by atoms with E-state index in [2.05, 4.69) is 10.6 Å². The number of phenols is 1. The summed E-state index contributed by atoms with van der Waals surface area (Å²) in [5, 5.41) is 45.7. The van der Waals surface area contributed by atoms with Gasteiger partial charge in [0.05, 0.1) is 22.5 Å². The number of aliphatic hydroxyl groups excluding tert-OH is 1. The van der Waals surface area contributed by atoms with E-state index < -0.39 is 18.0 Å². The smallest absolute Gasteiger partial charge is 0.540 e. The molecule has 0 spiro atoms. The van der Waals surface area contributed by atoms with E-state index in [1.54, 1.807) is 6.07 Å². The van der Waals surface area contributed by atoms with Crippen LogP contribution in [0.4, 0.5) is 11.4 Å². The number of ether oxygens (including phenoxy) is 1. The summed E-state index contributed by atoms with van der Waals surface area (Å²) in [7, 11) is 0. The number of benzene rings is 2. The van der Waals surface area contributed by atoms with Gasteiger partial charge in [-0.2, -0.15) is 5.26 Å². The predicted octanol–water partition coefficient (Wildman–Crippen LogP) is -2.04. The van der Waals surface area contributed by atoms with Crippen LogP contribution < -0.4 is 50.0 Å². The van der Waals surface area contributed by atoms with Crippen LogP contribution in [-0.4, -0.2) is 47.1 Å². The van der Waals surface area contributed by atoms with Crippen molar-refractivity contribution in [1.82, 2.24) is 0 Å². The average molecular weight is 477 g/mol. The number of aliphatic hydroxyl groups is 1. The van der Waals surface area contributed by atoms with Crippen LogP contribution in [0.5, 0.6) is 11.5 Å². The maximum atomic E-state index is 11.7. The molecule has 2 rings (SSSR count). The minimum Gasteiger partial charge on any atom is -0.540 e. The van der Waals surface area contributed by atoms with Crippen molar-refractivity contribution in [1.29, 1.82) is 5.26 Å². The molecule has 2 aromatic carbocycles. The number of hydrogen-bond acceptors (Lipinski definition) is 9. The van der Waals surface area contributed by atoms with Gasteiger partial charge in [0.25, 0.3) is 5.91 Å². The summed E-state index contributed by atoms with van der Waals surface area (Å²) >= 11 is 0. The third-order valence-corrected chi connectivity index (χ3v) is 4.69. The first-order chi connectivity index (χ1) is 15.7. The van der Waals surface area contributed by atoms with E-state index in [1.165, 1.54) is 31.2 Å². The van der Waals surface area contributed by atoms with Crippen LogP contribution in [0.2, 0.25) is 0 Å². The fourth-order valence-electron chi connectivity index (χ4n) is 3.10. The molecule has 0 radical (unpaired) electrons. The maximum absolute atomic E-state index is 11.7. The van der Waals surface area contributed by atoms with Gasteiger partial charge in [-0.05, 0) is 37.6 Å². The zero-order chi connectivity index (χ0) is 24.5. The number of nitrogens with zero attached hydrogens (tertiary/aromatic N) is 1. The second kappa shape index (κ2) is 13.6. The number of anilines is 2. The Morgan fingerprint density at radius 3 is 2.47 bits per heavy atom. The summed E-state index contributed by atoms with van der Waals surface area (Å²) in [6.07, 6.45) is 0.158. The molecule has 174 valence electrons. The Hall–Kier alpha value is -3.10. The molecule has 4 N–H and O–H groups in total. The molecule has 11 heteroatoms. The van der Waals surface area contributed by atoms with Crippen LogP contribution in [0.25, 0.3) is 0 Å². The van der Waals surface area contributed by atoms with Crippen LogP contribution in [0, 0.1) is 11.3 Å². The largest absolute Gasteiger partial charge is 1.00 e. The number of amides is 1.